The number of nitrogens with one attached hydrogen (secondary N) is 1. The molecule has 3 N–H and O–H groups in total. The van der Waals surface area contributed by atoms with E-state index in [0.29, 0.717) is 13.0 Å². The maximum Gasteiger partial charge on any atom is 0.224 e. The fourth-order valence-corrected chi connectivity index (χ4v) is 2.28. The monoisotopic (exact) mass is 291 g/mol. The number of nitrogens with two attached hydrogens (primary N) is 1. The molecule has 0 heterocycles. The highest BCUT2D eigenvalue weighted by Gasteiger charge is 2.05. The third-order valence-corrected chi connectivity index (χ3v) is 3.62. The zero-order valence-corrected chi connectivity index (χ0v) is 13.4. The Balaban J connectivity index is 2.46. The topological polar surface area (TPSA) is 58.4 Å². The van der Waals surface area contributed by atoms with E-state index in [0.717, 1.165) is 44.6 Å². The molecule has 0 atom stereocenters. The molecule has 0 aliphatic rings. The average Bonchev–Trinajstić information content (AvgIpc) is 2.49. The minimum absolute atomic E-state index is 0.0898. The predicted octanol–water partition coefficient (Wildman–Crippen LogP) is 2.99. The molecular formula is C17H29N3O. The lowest BCUT2D eigenvalue weighted by Gasteiger charge is -2.18. The summed E-state index contributed by atoms with van der Waals surface area (Å²) in [6.45, 7) is 8.03. The van der Waals surface area contributed by atoms with Crippen molar-refractivity contribution in [3.05, 3.63) is 29.8 Å². The first-order chi connectivity index (χ1) is 10.2. The van der Waals surface area contributed by atoms with Gasteiger partial charge in [-0.2, -0.15) is 0 Å². The smallest absolute Gasteiger partial charge is 0.224 e. The van der Waals surface area contributed by atoms with E-state index in [9.17, 15) is 4.79 Å². The van der Waals surface area contributed by atoms with E-state index in [-0.39, 0.29) is 5.91 Å². The number of nitrogens with zero attached hydrogens (tertiary/aromatic N) is 1. The summed E-state index contributed by atoms with van der Waals surface area (Å²) in [6, 6.07) is 8.12. The Hall–Kier alpha value is -1.39. The van der Waals surface area contributed by atoms with Crippen LogP contribution >= 0.6 is 0 Å². The van der Waals surface area contributed by atoms with Crippen molar-refractivity contribution in [1.29, 1.82) is 0 Å². The lowest BCUT2D eigenvalue weighted by Crippen LogP contribution is -2.22. The van der Waals surface area contributed by atoms with E-state index in [1.165, 1.54) is 5.56 Å². The van der Waals surface area contributed by atoms with Crippen molar-refractivity contribution < 1.29 is 4.79 Å². The molecule has 118 valence electrons. The number of unbranched alkanes of at least 4 members (excludes halogenated alkanes) is 2. The van der Waals surface area contributed by atoms with Crippen LogP contribution in [0.5, 0.6) is 0 Å². The summed E-state index contributed by atoms with van der Waals surface area (Å²) in [7, 11) is 0. The van der Waals surface area contributed by atoms with E-state index in [4.69, 9.17) is 5.73 Å². The second kappa shape index (κ2) is 10.4. The molecule has 0 aliphatic carbocycles. The van der Waals surface area contributed by atoms with Gasteiger partial charge in [-0.25, -0.2) is 0 Å². The van der Waals surface area contributed by atoms with Crippen molar-refractivity contribution in [2.24, 2.45) is 5.73 Å². The molecule has 4 heteroatoms. The van der Waals surface area contributed by atoms with Crippen LogP contribution in [-0.4, -0.2) is 30.4 Å². The van der Waals surface area contributed by atoms with Crippen LogP contribution in [0.1, 0.15) is 45.1 Å². The molecule has 0 radical (unpaired) electrons. The first-order valence-electron chi connectivity index (χ1n) is 8.00. The summed E-state index contributed by atoms with van der Waals surface area (Å²) >= 11 is 0. The summed E-state index contributed by atoms with van der Waals surface area (Å²) in [4.78, 5) is 14.2. The van der Waals surface area contributed by atoms with Crippen LogP contribution in [0.25, 0.3) is 0 Å². The first kappa shape index (κ1) is 17.7. The molecule has 0 aliphatic heterocycles. The van der Waals surface area contributed by atoms with Gasteiger partial charge in [0.15, 0.2) is 0 Å². The van der Waals surface area contributed by atoms with E-state index in [2.05, 4.69) is 36.2 Å². The molecule has 4 nitrogen and oxygen atoms in total. The van der Waals surface area contributed by atoms with Gasteiger partial charge in [0.05, 0.1) is 0 Å². The van der Waals surface area contributed by atoms with Crippen LogP contribution in [0.4, 0.5) is 5.69 Å². The van der Waals surface area contributed by atoms with E-state index in [1.807, 2.05) is 12.1 Å². The molecule has 0 aromatic heterocycles. The van der Waals surface area contributed by atoms with Crippen LogP contribution in [0.2, 0.25) is 0 Å². The van der Waals surface area contributed by atoms with Crippen LogP contribution in [0, 0.1) is 0 Å². The van der Waals surface area contributed by atoms with E-state index in [1.54, 1.807) is 0 Å². The van der Waals surface area contributed by atoms with Gasteiger partial charge in [-0.05, 0) is 50.2 Å². The van der Waals surface area contributed by atoms with Gasteiger partial charge in [0.1, 0.15) is 0 Å². The molecule has 1 aromatic rings. The van der Waals surface area contributed by atoms with Gasteiger partial charge < -0.3 is 11.1 Å². The fourth-order valence-electron chi connectivity index (χ4n) is 2.28. The van der Waals surface area contributed by atoms with Crippen molar-refractivity contribution in [2.45, 2.75) is 46.1 Å². The van der Waals surface area contributed by atoms with Crippen LogP contribution in [0.3, 0.4) is 0 Å². The first-order valence-corrected chi connectivity index (χ1v) is 8.00. The van der Waals surface area contributed by atoms with Crippen LogP contribution < -0.4 is 11.1 Å². The molecule has 1 amide bonds. The van der Waals surface area contributed by atoms with Gasteiger partial charge in [-0.15, -0.1) is 0 Å². The minimum Gasteiger partial charge on any atom is -0.330 e. The van der Waals surface area contributed by atoms with Crippen LogP contribution in [0.15, 0.2) is 24.3 Å². The highest BCUT2D eigenvalue weighted by Crippen LogP contribution is 2.13. The Bertz CT molecular complexity index is 416. The number of carbonyl (C=O) groups is 1. The second-order valence-corrected chi connectivity index (χ2v) is 5.31. The molecule has 21 heavy (non-hydrogen) atoms. The fraction of sp³-hybridized carbons (Fsp3) is 0.588. The maximum atomic E-state index is 11.9. The molecule has 0 saturated carbocycles. The number of rotatable bonds is 10. The molecule has 0 fully saturated rings. The highest BCUT2D eigenvalue weighted by atomic mass is 16.1. The Labute approximate surface area is 128 Å². The summed E-state index contributed by atoms with van der Waals surface area (Å²) in [5, 5.41) is 2.98. The van der Waals surface area contributed by atoms with Crippen molar-refractivity contribution in [1.82, 2.24) is 4.90 Å². The standard InChI is InChI=1S/C17H29N3O/c1-3-20(4-2)14-15-9-8-10-16(13-15)19-17(21)11-6-5-7-12-18/h8-10,13H,3-7,11-12,14,18H2,1-2H3,(H,19,21). The third-order valence-electron chi connectivity index (χ3n) is 3.62. The number of benzene rings is 1. The molecular weight excluding hydrogens is 262 g/mol. The number of carbonyl (C=O) groups excluding carboxylic acids is 1. The van der Waals surface area contributed by atoms with Gasteiger partial charge in [-0.1, -0.05) is 32.4 Å². The Morgan fingerprint density at radius 3 is 2.62 bits per heavy atom. The largest absolute Gasteiger partial charge is 0.330 e. The number of hydrogen-bond donors (Lipinski definition) is 2. The highest BCUT2D eigenvalue weighted by molar-refractivity contribution is 5.90. The minimum atomic E-state index is 0.0898. The van der Waals surface area contributed by atoms with E-state index < -0.39 is 0 Å². The zero-order valence-electron chi connectivity index (χ0n) is 13.4. The zero-order chi connectivity index (χ0) is 15.5. The normalized spacial score (nSPS) is 10.9. The quantitative estimate of drug-likeness (QED) is 0.652. The van der Waals surface area contributed by atoms with Gasteiger partial charge in [0.2, 0.25) is 5.91 Å². The van der Waals surface area contributed by atoms with Gasteiger partial charge >= 0.3 is 0 Å². The summed E-state index contributed by atoms with van der Waals surface area (Å²) in [5.74, 6) is 0.0898. The van der Waals surface area contributed by atoms with Crippen molar-refractivity contribution in [3.63, 3.8) is 0 Å². The molecule has 0 unspecified atom stereocenters. The lowest BCUT2D eigenvalue weighted by atomic mass is 10.1. The summed E-state index contributed by atoms with van der Waals surface area (Å²) in [5.41, 5.74) is 7.57. The van der Waals surface area contributed by atoms with Crippen molar-refractivity contribution in [2.75, 3.05) is 25.0 Å². The van der Waals surface area contributed by atoms with Crippen molar-refractivity contribution in [3.8, 4) is 0 Å². The maximum absolute atomic E-state index is 11.9. The number of amides is 1. The van der Waals surface area contributed by atoms with Gasteiger partial charge in [0, 0.05) is 18.7 Å². The SMILES string of the molecule is CCN(CC)Cc1cccc(NC(=O)CCCCCN)c1. The van der Waals surface area contributed by atoms with Crippen molar-refractivity contribution >= 4 is 11.6 Å². The third kappa shape index (κ3) is 7.25. The second-order valence-electron chi connectivity index (χ2n) is 5.31. The molecule has 0 spiro atoms. The summed E-state index contributed by atoms with van der Waals surface area (Å²) < 4.78 is 0. The average molecular weight is 291 g/mol. The van der Waals surface area contributed by atoms with E-state index >= 15 is 0 Å². The lowest BCUT2D eigenvalue weighted by molar-refractivity contribution is -0.116. The van der Waals surface area contributed by atoms with Gasteiger partial charge in [-0.3, -0.25) is 9.69 Å². The Kier molecular flexibility index (Phi) is 8.71. The molecule has 0 bridgehead atoms. The molecule has 0 saturated heterocycles. The Morgan fingerprint density at radius 1 is 1.19 bits per heavy atom. The molecule has 1 rings (SSSR count). The predicted molar refractivity (Wildman–Crippen MR) is 89.2 cm³/mol. The van der Waals surface area contributed by atoms with Crippen LogP contribution in [-0.2, 0) is 11.3 Å². The summed E-state index contributed by atoms with van der Waals surface area (Å²) in [6.07, 6.45) is 3.49. The number of anilines is 1. The Morgan fingerprint density at radius 2 is 1.95 bits per heavy atom. The van der Waals surface area contributed by atoms with Gasteiger partial charge in [0.25, 0.3) is 0 Å². The molecule has 1 aromatic carbocycles. The number of hydrogen-bond acceptors (Lipinski definition) is 3.